The van der Waals surface area contributed by atoms with E-state index in [0.717, 1.165) is 23.4 Å². The lowest BCUT2D eigenvalue weighted by Crippen LogP contribution is -2.32. The van der Waals surface area contributed by atoms with Gasteiger partial charge in [0.15, 0.2) is 0 Å². The number of nitrogens with one attached hydrogen (secondary N) is 2. The van der Waals surface area contributed by atoms with E-state index < -0.39 is 11.7 Å². The first-order valence-corrected chi connectivity index (χ1v) is 8.23. The Bertz CT molecular complexity index is 730. The molecule has 2 rings (SSSR count). The van der Waals surface area contributed by atoms with E-state index >= 15 is 0 Å². The molecule has 1 amide bonds. The molecule has 1 unspecified atom stereocenters. The smallest absolute Gasteiger partial charge is 0.416 e. The average Bonchev–Trinajstić information content (AvgIpc) is 2.60. The standard InChI is InChI=1S/C19H21F3N2O2/c1-3-26-17-9-7-14(8-10-17)13(2)24-18(25)12-23-16-6-4-5-15(11-16)19(20,21)22/h4-11,13,23H,3,12H2,1-2H3,(H,24,25). The minimum atomic E-state index is -4.41. The van der Waals surface area contributed by atoms with Crippen LogP contribution in [0, 0.1) is 0 Å². The van der Waals surface area contributed by atoms with Crippen LogP contribution in [-0.4, -0.2) is 19.1 Å². The normalized spacial score (nSPS) is 12.3. The molecule has 140 valence electrons. The molecule has 0 spiro atoms. The van der Waals surface area contributed by atoms with Gasteiger partial charge in [0.25, 0.3) is 0 Å². The van der Waals surface area contributed by atoms with Crippen LogP contribution in [0.2, 0.25) is 0 Å². The molecule has 0 aliphatic heterocycles. The monoisotopic (exact) mass is 366 g/mol. The van der Waals surface area contributed by atoms with Crippen LogP contribution < -0.4 is 15.4 Å². The second kappa shape index (κ2) is 8.60. The Hall–Kier alpha value is -2.70. The Morgan fingerprint density at radius 3 is 2.46 bits per heavy atom. The van der Waals surface area contributed by atoms with Gasteiger partial charge in [0.2, 0.25) is 5.91 Å². The fraction of sp³-hybridized carbons (Fsp3) is 0.316. The Labute approximate surface area is 150 Å². The van der Waals surface area contributed by atoms with Crippen LogP contribution in [0.3, 0.4) is 0 Å². The number of halogens is 3. The quantitative estimate of drug-likeness (QED) is 0.764. The number of amides is 1. The molecule has 4 nitrogen and oxygen atoms in total. The Morgan fingerprint density at radius 1 is 1.15 bits per heavy atom. The second-order valence-corrected chi connectivity index (χ2v) is 5.72. The molecule has 2 aromatic rings. The molecule has 0 aliphatic carbocycles. The molecule has 1 atom stereocenters. The van der Waals surface area contributed by atoms with Gasteiger partial charge in [-0.05, 0) is 49.7 Å². The van der Waals surface area contributed by atoms with Gasteiger partial charge in [0.05, 0.1) is 24.8 Å². The maximum absolute atomic E-state index is 12.7. The predicted octanol–water partition coefficient (Wildman–Crippen LogP) is 4.39. The van der Waals surface area contributed by atoms with Gasteiger partial charge in [-0.15, -0.1) is 0 Å². The molecule has 2 N–H and O–H groups in total. The number of carbonyl (C=O) groups excluding carboxylic acids is 1. The van der Waals surface area contributed by atoms with E-state index in [1.165, 1.54) is 12.1 Å². The van der Waals surface area contributed by atoms with Crippen LogP contribution >= 0.6 is 0 Å². The highest BCUT2D eigenvalue weighted by molar-refractivity contribution is 5.81. The number of anilines is 1. The summed E-state index contributed by atoms with van der Waals surface area (Å²) in [4.78, 5) is 12.0. The molecule has 0 bridgehead atoms. The summed E-state index contributed by atoms with van der Waals surface area (Å²) >= 11 is 0. The lowest BCUT2D eigenvalue weighted by atomic mass is 10.1. The molecule has 7 heteroatoms. The van der Waals surface area contributed by atoms with Gasteiger partial charge < -0.3 is 15.4 Å². The van der Waals surface area contributed by atoms with Gasteiger partial charge >= 0.3 is 6.18 Å². The highest BCUT2D eigenvalue weighted by Gasteiger charge is 2.30. The third kappa shape index (κ3) is 5.68. The Balaban J connectivity index is 1.88. The molecule has 0 saturated heterocycles. The first-order valence-electron chi connectivity index (χ1n) is 8.23. The molecular formula is C19H21F3N2O2. The minimum Gasteiger partial charge on any atom is -0.494 e. The SMILES string of the molecule is CCOc1ccc(C(C)NC(=O)CNc2cccc(C(F)(F)F)c2)cc1. The van der Waals surface area contributed by atoms with E-state index in [-0.39, 0.29) is 24.2 Å². The van der Waals surface area contributed by atoms with Gasteiger partial charge in [-0.25, -0.2) is 0 Å². The number of rotatable bonds is 7. The first-order chi connectivity index (χ1) is 12.3. The van der Waals surface area contributed by atoms with Crippen molar-refractivity contribution < 1.29 is 22.7 Å². The van der Waals surface area contributed by atoms with Crippen LogP contribution in [0.4, 0.5) is 18.9 Å². The highest BCUT2D eigenvalue weighted by atomic mass is 19.4. The molecule has 0 saturated carbocycles. The topological polar surface area (TPSA) is 50.4 Å². The van der Waals surface area contributed by atoms with Gasteiger partial charge in [-0.3, -0.25) is 4.79 Å². The number of carbonyl (C=O) groups is 1. The summed E-state index contributed by atoms with van der Waals surface area (Å²) in [5.41, 5.74) is 0.384. The van der Waals surface area contributed by atoms with E-state index in [4.69, 9.17) is 4.74 Å². The summed E-state index contributed by atoms with van der Waals surface area (Å²) in [5.74, 6) is 0.435. The molecule has 2 aromatic carbocycles. The van der Waals surface area contributed by atoms with Crippen LogP contribution in [0.1, 0.15) is 31.0 Å². The van der Waals surface area contributed by atoms with Gasteiger partial charge in [0, 0.05) is 5.69 Å². The van der Waals surface area contributed by atoms with Crippen LogP contribution in [0.15, 0.2) is 48.5 Å². The predicted molar refractivity (Wildman–Crippen MR) is 94.1 cm³/mol. The van der Waals surface area contributed by atoms with Crippen molar-refractivity contribution in [2.45, 2.75) is 26.1 Å². The number of hydrogen-bond acceptors (Lipinski definition) is 3. The number of alkyl halides is 3. The molecular weight excluding hydrogens is 345 g/mol. The molecule has 0 aromatic heterocycles. The van der Waals surface area contributed by atoms with Crippen LogP contribution in [0.25, 0.3) is 0 Å². The maximum Gasteiger partial charge on any atom is 0.416 e. The largest absolute Gasteiger partial charge is 0.494 e. The van der Waals surface area contributed by atoms with Crippen molar-refractivity contribution in [1.82, 2.24) is 5.32 Å². The van der Waals surface area contributed by atoms with Gasteiger partial charge in [-0.2, -0.15) is 13.2 Å². The number of ether oxygens (including phenoxy) is 1. The average molecular weight is 366 g/mol. The lowest BCUT2D eigenvalue weighted by Gasteiger charge is -2.16. The number of benzene rings is 2. The van der Waals surface area contributed by atoms with E-state index in [2.05, 4.69) is 10.6 Å². The number of hydrogen-bond donors (Lipinski definition) is 2. The zero-order valence-corrected chi connectivity index (χ0v) is 14.6. The minimum absolute atomic E-state index is 0.122. The van der Waals surface area contributed by atoms with Crippen molar-refractivity contribution in [2.24, 2.45) is 0 Å². The molecule has 0 heterocycles. The summed E-state index contributed by atoms with van der Waals surface area (Å²) in [6, 6.07) is 11.9. The van der Waals surface area contributed by atoms with Gasteiger partial charge in [-0.1, -0.05) is 18.2 Å². The highest BCUT2D eigenvalue weighted by Crippen LogP contribution is 2.30. The van der Waals surface area contributed by atoms with Crippen molar-refractivity contribution in [3.8, 4) is 5.75 Å². The fourth-order valence-corrected chi connectivity index (χ4v) is 2.38. The van der Waals surface area contributed by atoms with E-state index in [9.17, 15) is 18.0 Å². The van der Waals surface area contributed by atoms with E-state index in [0.29, 0.717) is 6.61 Å². The van der Waals surface area contributed by atoms with E-state index in [1.807, 2.05) is 38.1 Å². The third-order valence-corrected chi connectivity index (χ3v) is 3.71. The molecule has 26 heavy (non-hydrogen) atoms. The van der Waals surface area contributed by atoms with Gasteiger partial charge in [0.1, 0.15) is 5.75 Å². The third-order valence-electron chi connectivity index (χ3n) is 3.71. The Morgan fingerprint density at radius 2 is 1.85 bits per heavy atom. The van der Waals surface area contributed by atoms with Crippen molar-refractivity contribution >= 4 is 11.6 Å². The molecule has 0 fully saturated rings. The molecule has 0 radical (unpaired) electrons. The van der Waals surface area contributed by atoms with Crippen LogP contribution in [-0.2, 0) is 11.0 Å². The summed E-state index contributed by atoms with van der Waals surface area (Å²) in [5, 5.41) is 5.51. The maximum atomic E-state index is 12.7. The van der Waals surface area contributed by atoms with Crippen molar-refractivity contribution in [2.75, 3.05) is 18.5 Å². The first kappa shape index (κ1) is 19.6. The summed E-state index contributed by atoms with van der Waals surface area (Å²) < 4.78 is 43.4. The summed E-state index contributed by atoms with van der Waals surface area (Å²) in [7, 11) is 0. The Kier molecular flexibility index (Phi) is 6.49. The van der Waals surface area contributed by atoms with E-state index in [1.54, 1.807) is 0 Å². The zero-order valence-electron chi connectivity index (χ0n) is 14.6. The van der Waals surface area contributed by atoms with Crippen LogP contribution in [0.5, 0.6) is 5.75 Å². The fourth-order valence-electron chi connectivity index (χ4n) is 2.38. The lowest BCUT2D eigenvalue weighted by molar-refractivity contribution is -0.137. The van der Waals surface area contributed by atoms with Crippen molar-refractivity contribution in [1.29, 1.82) is 0 Å². The zero-order chi connectivity index (χ0) is 19.2. The summed E-state index contributed by atoms with van der Waals surface area (Å²) in [6.45, 7) is 4.18. The summed E-state index contributed by atoms with van der Waals surface area (Å²) in [6.07, 6.45) is -4.41. The van der Waals surface area contributed by atoms with Crippen molar-refractivity contribution in [3.63, 3.8) is 0 Å². The van der Waals surface area contributed by atoms with Crippen molar-refractivity contribution in [3.05, 3.63) is 59.7 Å². The molecule has 0 aliphatic rings. The second-order valence-electron chi connectivity index (χ2n) is 5.72.